The van der Waals surface area contributed by atoms with Gasteiger partial charge >= 0.3 is 0 Å². The molecule has 80 valence electrons. The van der Waals surface area contributed by atoms with Gasteiger partial charge in [0.2, 0.25) is 5.03 Å². The third-order valence-corrected chi connectivity index (χ3v) is 3.11. The van der Waals surface area contributed by atoms with E-state index in [0.717, 1.165) is 30.8 Å². The Morgan fingerprint density at radius 2 is 2.14 bits per heavy atom. The molecule has 0 saturated carbocycles. The van der Waals surface area contributed by atoms with Gasteiger partial charge in [0.05, 0.1) is 18.3 Å². The highest BCUT2D eigenvalue weighted by atomic mass is 32.2. The van der Waals surface area contributed by atoms with Gasteiger partial charge in [-0.25, -0.2) is 8.42 Å². The van der Waals surface area contributed by atoms with E-state index in [4.69, 9.17) is 4.74 Å². The standard InChI is InChI=1S/C7H12N2O3S2/c1-3-4-5-12-6-7(9-13-8-6)14(2,10)11/h3-5H2,1-2H3. The zero-order chi connectivity index (χ0) is 10.6. The van der Waals surface area contributed by atoms with Crippen LogP contribution in [0.2, 0.25) is 0 Å². The summed E-state index contributed by atoms with van der Waals surface area (Å²) in [6, 6.07) is 0. The Bertz CT molecular complexity index is 385. The Morgan fingerprint density at radius 3 is 2.71 bits per heavy atom. The Hall–Kier alpha value is -0.690. The predicted molar refractivity (Wildman–Crippen MR) is 53.4 cm³/mol. The van der Waals surface area contributed by atoms with E-state index in [1.165, 1.54) is 0 Å². The van der Waals surface area contributed by atoms with Gasteiger partial charge in [-0.1, -0.05) is 13.3 Å². The van der Waals surface area contributed by atoms with Crippen molar-refractivity contribution in [1.29, 1.82) is 0 Å². The molecule has 0 aliphatic carbocycles. The van der Waals surface area contributed by atoms with Gasteiger partial charge in [0, 0.05) is 6.26 Å². The first-order chi connectivity index (χ1) is 6.55. The molecule has 1 rings (SSSR count). The fourth-order valence-corrected chi connectivity index (χ4v) is 2.33. The van der Waals surface area contributed by atoms with E-state index >= 15 is 0 Å². The summed E-state index contributed by atoms with van der Waals surface area (Å²) in [5, 5.41) is -0.0568. The van der Waals surface area contributed by atoms with E-state index in [2.05, 4.69) is 8.75 Å². The van der Waals surface area contributed by atoms with Crippen LogP contribution in [-0.4, -0.2) is 30.0 Å². The van der Waals surface area contributed by atoms with Gasteiger partial charge in [0.1, 0.15) is 0 Å². The second-order valence-electron chi connectivity index (χ2n) is 2.85. The quantitative estimate of drug-likeness (QED) is 0.716. The molecule has 0 atom stereocenters. The topological polar surface area (TPSA) is 69.2 Å². The lowest BCUT2D eigenvalue weighted by molar-refractivity contribution is 0.291. The monoisotopic (exact) mass is 236 g/mol. The van der Waals surface area contributed by atoms with Crippen molar-refractivity contribution in [3.8, 4) is 5.88 Å². The molecule has 0 bridgehead atoms. The van der Waals surface area contributed by atoms with Crippen molar-refractivity contribution in [2.45, 2.75) is 24.8 Å². The number of nitrogens with zero attached hydrogens (tertiary/aromatic N) is 2. The van der Waals surface area contributed by atoms with Crippen LogP contribution in [0.3, 0.4) is 0 Å². The van der Waals surface area contributed by atoms with E-state index in [0.29, 0.717) is 6.61 Å². The normalized spacial score (nSPS) is 11.6. The maximum Gasteiger partial charge on any atom is 0.265 e. The highest BCUT2D eigenvalue weighted by Crippen LogP contribution is 2.20. The minimum atomic E-state index is -3.32. The molecular weight excluding hydrogens is 224 g/mol. The van der Waals surface area contributed by atoms with Crippen LogP contribution in [0.5, 0.6) is 5.88 Å². The molecule has 0 N–H and O–H groups in total. The number of ether oxygens (including phenoxy) is 1. The highest BCUT2D eigenvalue weighted by molar-refractivity contribution is 7.90. The van der Waals surface area contributed by atoms with Crippen molar-refractivity contribution in [2.75, 3.05) is 12.9 Å². The first-order valence-electron chi connectivity index (χ1n) is 4.21. The number of aromatic nitrogens is 2. The molecule has 0 unspecified atom stereocenters. The van der Waals surface area contributed by atoms with E-state index in [-0.39, 0.29) is 10.9 Å². The Balaban J connectivity index is 2.74. The first kappa shape index (κ1) is 11.4. The molecule has 0 aliphatic heterocycles. The van der Waals surface area contributed by atoms with Crippen molar-refractivity contribution >= 4 is 21.6 Å². The average molecular weight is 236 g/mol. The number of unbranched alkanes of at least 4 members (excludes halogenated alkanes) is 1. The van der Waals surface area contributed by atoms with Gasteiger partial charge in [-0.05, 0) is 6.42 Å². The molecule has 1 aromatic rings. The summed E-state index contributed by atoms with van der Waals surface area (Å²) < 4.78 is 35.0. The summed E-state index contributed by atoms with van der Waals surface area (Å²) in [4.78, 5) is 0. The minimum absolute atomic E-state index is 0.0568. The molecule has 0 radical (unpaired) electrons. The highest BCUT2D eigenvalue weighted by Gasteiger charge is 2.19. The van der Waals surface area contributed by atoms with Gasteiger partial charge in [-0.2, -0.15) is 4.37 Å². The molecule has 0 aromatic carbocycles. The van der Waals surface area contributed by atoms with Crippen molar-refractivity contribution in [3.05, 3.63) is 0 Å². The summed E-state index contributed by atoms with van der Waals surface area (Å²) in [6.45, 7) is 2.50. The van der Waals surface area contributed by atoms with Crippen LogP contribution in [0.15, 0.2) is 5.03 Å². The van der Waals surface area contributed by atoms with E-state index in [1.54, 1.807) is 0 Å². The molecule has 7 heteroatoms. The summed E-state index contributed by atoms with van der Waals surface area (Å²) in [6.07, 6.45) is 2.96. The van der Waals surface area contributed by atoms with Gasteiger partial charge < -0.3 is 4.74 Å². The van der Waals surface area contributed by atoms with E-state index in [9.17, 15) is 8.42 Å². The Labute approximate surface area is 87.4 Å². The fourth-order valence-electron chi connectivity index (χ4n) is 0.800. The Morgan fingerprint density at radius 1 is 1.43 bits per heavy atom. The number of rotatable bonds is 5. The maximum atomic E-state index is 11.2. The average Bonchev–Trinajstić information content (AvgIpc) is 2.52. The molecule has 0 fully saturated rings. The second kappa shape index (κ2) is 4.70. The smallest absolute Gasteiger partial charge is 0.265 e. The molecule has 0 spiro atoms. The minimum Gasteiger partial charge on any atom is -0.475 e. The molecule has 0 amide bonds. The van der Waals surface area contributed by atoms with Crippen LogP contribution in [0.25, 0.3) is 0 Å². The van der Waals surface area contributed by atoms with Gasteiger partial charge in [0.15, 0.2) is 9.84 Å². The van der Waals surface area contributed by atoms with Crippen LogP contribution >= 0.6 is 11.7 Å². The predicted octanol–water partition coefficient (Wildman–Crippen LogP) is 1.12. The number of sulfone groups is 1. The van der Waals surface area contributed by atoms with Crippen molar-refractivity contribution in [1.82, 2.24) is 8.75 Å². The summed E-state index contributed by atoms with van der Waals surface area (Å²) in [5.41, 5.74) is 0. The van der Waals surface area contributed by atoms with Crippen molar-refractivity contribution < 1.29 is 13.2 Å². The molecular formula is C7H12N2O3S2. The van der Waals surface area contributed by atoms with Crippen LogP contribution in [0.1, 0.15) is 19.8 Å². The van der Waals surface area contributed by atoms with Gasteiger partial charge in [-0.15, -0.1) is 4.37 Å². The molecule has 5 nitrogen and oxygen atoms in total. The van der Waals surface area contributed by atoms with Crippen LogP contribution in [-0.2, 0) is 9.84 Å². The number of hydrogen-bond donors (Lipinski definition) is 0. The van der Waals surface area contributed by atoms with Gasteiger partial charge in [0.25, 0.3) is 5.88 Å². The molecule has 0 saturated heterocycles. The first-order valence-corrected chi connectivity index (χ1v) is 6.83. The largest absolute Gasteiger partial charge is 0.475 e. The lowest BCUT2D eigenvalue weighted by Crippen LogP contribution is -2.03. The van der Waals surface area contributed by atoms with Crippen molar-refractivity contribution in [3.63, 3.8) is 0 Å². The third-order valence-electron chi connectivity index (χ3n) is 1.52. The van der Waals surface area contributed by atoms with Crippen LogP contribution in [0.4, 0.5) is 0 Å². The van der Waals surface area contributed by atoms with Crippen LogP contribution < -0.4 is 4.74 Å². The molecule has 1 heterocycles. The lowest BCUT2D eigenvalue weighted by atomic mass is 10.4. The zero-order valence-corrected chi connectivity index (χ0v) is 9.69. The van der Waals surface area contributed by atoms with Crippen molar-refractivity contribution in [2.24, 2.45) is 0 Å². The lowest BCUT2D eigenvalue weighted by Gasteiger charge is -2.01. The summed E-state index contributed by atoms with van der Waals surface area (Å²) >= 11 is 0.847. The van der Waals surface area contributed by atoms with E-state index in [1.807, 2.05) is 6.92 Å². The summed E-state index contributed by atoms with van der Waals surface area (Å²) in [7, 11) is -3.32. The molecule has 14 heavy (non-hydrogen) atoms. The maximum absolute atomic E-state index is 11.2. The van der Waals surface area contributed by atoms with Gasteiger partial charge in [-0.3, -0.25) is 0 Å². The fraction of sp³-hybridized carbons (Fsp3) is 0.714. The second-order valence-corrected chi connectivity index (χ2v) is 5.31. The van der Waals surface area contributed by atoms with Crippen LogP contribution in [0, 0.1) is 0 Å². The zero-order valence-electron chi connectivity index (χ0n) is 8.06. The van der Waals surface area contributed by atoms with E-state index < -0.39 is 9.84 Å². The Kier molecular flexibility index (Phi) is 3.82. The molecule has 0 aliphatic rings. The number of hydrogen-bond acceptors (Lipinski definition) is 6. The molecule has 1 aromatic heterocycles. The summed E-state index contributed by atoms with van der Waals surface area (Å²) in [5.74, 6) is 0.131. The SMILES string of the molecule is CCCCOc1nsnc1S(C)(=O)=O. The third kappa shape index (κ3) is 2.91.